The van der Waals surface area contributed by atoms with Crippen LogP contribution in [0.5, 0.6) is 0 Å². The third-order valence-electron chi connectivity index (χ3n) is 2.61. The van der Waals surface area contributed by atoms with Crippen LogP contribution < -0.4 is 5.43 Å². The molecule has 3 nitrogen and oxygen atoms in total. The Morgan fingerprint density at radius 1 is 1.13 bits per heavy atom. The molecule has 0 aromatic carbocycles. The molecule has 15 heavy (non-hydrogen) atoms. The van der Waals surface area contributed by atoms with Crippen molar-refractivity contribution in [2.45, 2.75) is 20.4 Å². The van der Waals surface area contributed by atoms with Crippen molar-refractivity contribution in [1.82, 2.24) is 9.24 Å². The van der Waals surface area contributed by atoms with E-state index in [2.05, 4.69) is 59.1 Å². The lowest BCUT2D eigenvalue weighted by Gasteiger charge is -2.11. The molecule has 0 amide bonds. The van der Waals surface area contributed by atoms with Gasteiger partial charge in [-0.2, -0.15) is 0 Å². The summed E-state index contributed by atoms with van der Waals surface area (Å²) < 4.78 is 4.18. The molecule has 0 atom stereocenters. The average molecular weight is 203 g/mol. The highest BCUT2D eigenvalue weighted by atomic mass is 15.4. The summed E-state index contributed by atoms with van der Waals surface area (Å²) in [6.45, 7) is 5.06. The van der Waals surface area contributed by atoms with Crippen molar-refractivity contribution in [3.05, 3.63) is 47.5 Å². The number of aromatic nitrogens is 2. The summed E-state index contributed by atoms with van der Waals surface area (Å²) in [5.41, 5.74) is 7.17. The number of hydrogen-bond acceptors (Lipinski definition) is 1. The van der Waals surface area contributed by atoms with Crippen molar-refractivity contribution in [3.63, 3.8) is 0 Å². The topological polar surface area (TPSA) is 21.9 Å². The largest absolute Gasteiger partial charge is 0.357 e. The van der Waals surface area contributed by atoms with Gasteiger partial charge in [0.1, 0.15) is 0 Å². The molecule has 0 unspecified atom stereocenters. The molecule has 80 valence electrons. The van der Waals surface area contributed by atoms with Crippen molar-refractivity contribution >= 4 is 0 Å². The van der Waals surface area contributed by atoms with Gasteiger partial charge in [0.05, 0.1) is 6.54 Å². The van der Waals surface area contributed by atoms with Crippen LogP contribution in [0.1, 0.15) is 17.0 Å². The maximum atomic E-state index is 3.39. The van der Waals surface area contributed by atoms with Gasteiger partial charge in [0.2, 0.25) is 0 Å². The molecule has 0 aliphatic rings. The highest BCUT2D eigenvalue weighted by Crippen LogP contribution is 2.06. The van der Waals surface area contributed by atoms with Gasteiger partial charge in [0.15, 0.2) is 0 Å². The molecule has 3 heteroatoms. The first-order chi connectivity index (χ1) is 7.16. The van der Waals surface area contributed by atoms with Crippen LogP contribution in [0.2, 0.25) is 0 Å². The van der Waals surface area contributed by atoms with Crippen molar-refractivity contribution in [3.8, 4) is 0 Å². The number of nitrogens with zero attached hydrogens (tertiary/aromatic N) is 2. The second kappa shape index (κ2) is 3.85. The lowest BCUT2D eigenvalue weighted by Crippen LogP contribution is -2.16. The first kappa shape index (κ1) is 9.90. The van der Waals surface area contributed by atoms with Gasteiger partial charge in [0, 0.05) is 30.8 Å². The zero-order valence-corrected chi connectivity index (χ0v) is 9.49. The Labute approximate surface area is 90.3 Å². The molecule has 0 aliphatic heterocycles. The molecule has 1 N–H and O–H groups in total. The van der Waals surface area contributed by atoms with Crippen molar-refractivity contribution in [2.24, 2.45) is 7.05 Å². The minimum Gasteiger partial charge on any atom is -0.357 e. The standard InChI is InChI=1S/C12H17N3/c1-10-4-5-11(2)15(10)13-8-12-6-7-14(3)9-12/h4-7,9,13H,8H2,1-3H3. The SMILES string of the molecule is Cc1ccc(C)n1NCc1ccn(C)c1. The van der Waals surface area contributed by atoms with E-state index >= 15 is 0 Å². The Morgan fingerprint density at radius 3 is 2.33 bits per heavy atom. The van der Waals surface area contributed by atoms with Crippen LogP contribution in [0.15, 0.2) is 30.6 Å². The lowest BCUT2D eigenvalue weighted by molar-refractivity contribution is 0.790. The van der Waals surface area contributed by atoms with Crippen molar-refractivity contribution in [1.29, 1.82) is 0 Å². The molecule has 0 radical (unpaired) electrons. The van der Waals surface area contributed by atoms with Crippen LogP contribution in [-0.2, 0) is 13.6 Å². The molecule has 0 aliphatic carbocycles. The summed E-state index contributed by atoms with van der Waals surface area (Å²) in [4.78, 5) is 0. The number of aryl methyl sites for hydroxylation is 3. The molecule has 2 aromatic heterocycles. The highest BCUT2D eigenvalue weighted by Gasteiger charge is 2.00. The molecule has 0 spiro atoms. The molecule has 0 fully saturated rings. The smallest absolute Gasteiger partial charge is 0.0579 e. The molecule has 0 bridgehead atoms. The van der Waals surface area contributed by atoms with E-state index in [4.69, 9.17) is 0 Å². The van der Waals surface area contributed by atoms with E-state index in [1.54, 1.807) is 0 Å². The molecule has 2 heterocycles. The third kappa shape index (κ3) is 2.06. The van der Waals surface area contributed by atoms with Gasteiger partial charge < -0.3 is 9.99 Å². The highest BCUT2D eigenvalue weighted by molar-refractivity contribution is 5.17. The fourth-order valence-electron chi connectivity index (χ4n) is 1.75. The Kier molecular flexibility index (Phi) is 2.54. The molecular formula is C12H17N3. The molecule has 0 saturated carbocycles. The van der Waals surface area contributed by atoms with Gasteiger partial charge in [-0.25, -0.2) is 0 Å². The zero-order valence-electron chi connectivity index (χ0n) is 9.49. The summed E-state index contributed by atoms with van der Waals surface area (Å²) in [5, 5.41) is 0. The van der Waals surface area contributed by atoms with Gasteiger partial charge in [-0.3, -0.25) is 4.68 Å². The molecule has 2 aromatic rings. The van der Waals surface area contributed by atoms with Gasteiger partial charge in [-0.05, 0) is 37.6 Å². The average Bonchev–Trinajstić information content (AvgIpc) is 2.73. The Morgan fingerprint density at radius 2 is 1.80 bits per heavy atom. The van der Waals surface area contributed by atoms with Crippen molar-refractivity contribution < 1.29 is 0 Å². The van der Waals surface area contributed by atoms with E-state index in [0.29, 0.717) is 0 Å². The fraction of sp³-hybridized carbons (Fsp3) is 0.333. The first-order valence-corrected chi connectivity index (χ1v) is 5.16. The fourth-order valence-corrected chi connectivity index (χ4v) is 1.75. The summed E-state index contributed by atoms with van der Waals surface area (Å²) in [5.74, 6) is 0. The van der Waals surface area contributed by atoms with Gasteiger partial charge >= 0.3 is 0 Å². The lowest BCUT2D eigenvalue weighted by atomic mass is 10.3. The van der Waals surface area contributed by atoms with Gasteiger partial charge in [0.25, 0.3) is 0 Å². The van der Waals surface area contributed by atoms with E-state index in [-0.39, 0.29) is 0 Å². The Bertz CT molecular complexity index is 432. The first-order valence-electron chi connectivity index (χ1n) is 5.16. The van der Waals surface area contributed by atoms with Crippen LogP contribution in [0.25, 0.3) is 0 Å². The maximum Gasteiger partial charge on any atom is 0.0579 e. The van der Waals surface area contributed by atoms with Crippen molar-refractivity contribution in [2.75, 3.05) is 5.43 Å². The molecule has 2 rings (SSSR count). The maximum absolute atomic E-state index is 3.39. The molecular weight excluding hydrogens is 186 g/mol. The van der Waals surface area contributed by atoms with Crippen LogP contribution in [0, 0.1) is 13.8 Å². The van der Waals surface area contributed by atoms with Crippen LogP contribution in [-0.4, -0.2) is 9.24 Å². The third-order valence-corrected chi connectivity index (χ3v) is 2.61. The number of nitrogens with one attached hydrogen (secondary N) is 1. The van der Waals surface area contributed by atoms with E-state index < -0.39 is 0 Å². The van der Waals surface area contributed by atoms with Gasteiger partial charge in [-0.1, -0.05) is 0 Å². The minimum absolute atomic E-state index is 0.858. The Balaban J connectivity index is 2.05. The van der Waals surface area contributed by atoms with Crippen LogP contribution in [0.4, 0.5) is 0 Å². The summed E-state index contributed by atoms with van der Waals surface area (Å²) in [7, 11) is 2.04. The second-order valence-corrected chi connectivity index (χ2v) is 3.97. The predicted octanol–water partition coefficient (Wildman–Crippen LogP) is 2.19. The second-order valence-electron chi connectivity index (χ2n) is 3.97. The van der Waals surface area contributed by atoms with E-state index in [1.165, 1.54) is 17.0 Å². The van der Waals surface area contributed by atoms with E-state index in [0.717, 1.165) is 6.54 Å². The van der Waals surface area contributed by atoms with Crippen LogP contribution >= 0.6 is 0 Å². The van der Waals surface area contributed by atoms with Gasteiger partial charge in [-0.15, -0.1) is 0 Å². The summed E-state index contributed by atoms with van der Waals surface area (Å²) in [6, 6.07) is 6.36. The summed E-state index contributed by atoms with van der Waals surface area (Å²) in [6.07, 6.45) is 4.19. The summed E-state index contributed by atoms with van der Waals surface area (Å²) >= 11 is 0. The molecule has 0 saturated heterocycles. The van der Waals surface area contributed by atoms with E-state index in [9.17, 15) is 0 Å². The Hall–Kier alpha value is -1.64. The number of rotatable bonds is 3. The number of hydrogen-bond donors (Lipinski definition) is 1. The van der Waals surface area contributed by atoms with E-state index in [1.807, 2.05) is 7.05 Å². The zero-order chi connectivity index (χ0) is 10.8. The monoisotopic (exact) mass is 203 g/mol. The van der Waals surface area contributed by atoms with Crippen LogP contribution in [0.3, 0.4) is 0 Å². The minimum atomic E-state index is 0.858. The quantitative estimate of drug-likeness (QED) is 0.811. The normalized spacial score (nSPS) is 10.6. The predicted molar refractivity (Wildman–Crippen MR) is 62.4 cm³/mol.